The van der Waals surface area contributed by atoms with Gasteiger partial charge >= 0.3 is 0 Å². The molecule has 2 saturated heterocycles. The molecule has 8 heteroatoms. The molecule has 8 nitrogen and oxygen atoms in total. The lowest BCUT2D eigenvalue weighted by Gasteiger charge is -2.54. The average Bonchev–Trinajstić information content (AvgIpc) is 3.32. The summed E-state index contributed by atoms with van der Waals surface area (Å²) >= 11 is 0. The van der Waals surface area contributed by atoms with Crippen molar-refractivity contribution in [3.63, 3.8) is 0 Å². The van der Waals surface area contributed by atoms with Gasteiger partial charge in [-0.1, -0.05) is 26.0 Å². The number of piperazine rings is 2. The van der Waals surface area contributed by atoms with Crippen LogP contribution in [0.1, 0.15) is 37.7 Å². The van der Waals surface area contributed by atoms with Crippen LogP contribution in [0.3, 0.4) is 0 Å². The van der Waals surface area contributed by atoms with Crippen LogP contribution < -0.4 is 20.4 Å². The summed E-state index contributed by atoms with van der Waals surface area (Å²) in [5.74, 6) is 2.31. The zero-order chi connectivity index (χ0) is 23.3. The maximum Gasteiger partial charge on any atom is 0.230 e. The molecule has 4 aliphatic rings. The molecule has 1 aliphatic carbocycles. The van der Waals surface area contributed by atoms with Gasteiger partial charge in [0.1, 0.15) is 11.6 Å². The molecule has 0 bridgehead atoms. The first-order valence-electron chi connectivity index (χ1n) is 12.5. The molecular formula is C26H34N8. The van der Waals surface area contributed by atoms with E-state index in [1.807, 2.05) is 18.5 Å². The highest BCUT2D eigenvalue weighted by molar-refractivity contribution is 5.79. The molecule has 3 fully saturated rings. The second-order valence-corrected chi connectivity index (χ2v) is 10.3. The molecule has 2 aromatic heterocycles. The van der Waals surface area contributed by atoms with E-state index in [4.69, 9.17) is 4.98 Å². The van der Waals surface area contributed by atoms with Gasteiger partial charge in [0.25, 0.3) is 0 Å². The van der Waals surface area contributed by atoms with Crippen molar-refractivity contribution in [2.45, 2.75) is 43.7 Å². The Morgan fingerprint density at radius 3 is 2.59 bits per heavy atom. The van der Waals surface area contributed by atoms with E-state index >= 15 is 0 Å². The number of nitrogens with zero attached hydrogens (tertiary/aromatic N) is 6. The summed E-state index contributed by atoms with van der Waals surface area (Å²) in [5.41, 5.74) is 4.46. The minimum absolute atomic E-state index is 0.0926. The fourth-order valence-electron chi connectivity index (χ4n) is 6.04. The number of likely N-dealkylation sites (N-methyl/N-ethyl adjacent to an activating group) is 1. The van der Waals surface area contributed by atoms with E-state index in [1.54, 1.807) is 0 Å². The summed E-state index contributed by atoms with van der Waals surface area (Å²) in [6, 6.07) is 4.34. The Balaban J connectivity index is 1.27. The van der Waals surface area contributed by atoms with E-state index in [0.29, 0.717) is 5.95 Å². The normalized spacial score (nSPS) is 24.1. The van der Waals surface area contributed by atoms with Gasteiger partial charge in [-0.15, -0.1) is 0 Å². The average molecular weight is 459 g/mol. The first kappa shape index (κ1) is 21.4. The smallest absolute Gasteiger partial charge is 0.230 e. The van der Waals surface area contributed by atoms with Crippen molar-refractivity contribution >= 4 is 28.8 Å². The minimum Gasteiger partial charge on any atom is -0.385 e. The van der Waals surface area contributed by atoms with Crippen LogP contribution in [-0.2, 0) is 0 Å². The molecule has 2 N–H and O–H groups in total. The topological polar surface area (TPSA) is 72.5 Å². The number of hydrogen-bond donors (Lipinski definition) is 2. The third-order valence-corrected chi connectivity index (χ3v) is 8.08. The molecule has 0 amide bonds. The fraction of sp³-hybridized carbons (Fsp3) is 0.500. The van der Waals surface area contributed by atoms with Crippen LogP contribution >= 0.6 is 0 Å². The van der Waals surface area contributed by atoms with Gasteiger partial charge in [-0.25, -0.2) is 9.97 Å². The van der Waals surface area contributed by atoms with Gasteiger partial charge < -0.3 is 25.3 Å². The number of hydrogen-bond acceptors (Lipinski definition) is 8. The zero-order valence-electron chi connectivity index (χ0n) is 20.1. The molecule has 6 rings (SSSR count). The predicted molar refractivity (Wildman–Crippen MR) is 138 cm³/mol. The molecule has 1 spiro atoms. The summed E-state index contributed by atoms with van der Waals surface area (Å²) in [5, 5.41) is 6.94. The molecule has 34 heavy (non-hydrogen) atoms. The number of anilines is 4. The maximum absolute atomic E-state index is 5.04. The van der Waals surface area contributed by atoms with Crippen molar-refractivity contribution in [3.05, 3.63) is 48.9 Å². The monoisotopic (exact) mass is 458 g/mol. The van der Waals surface area contributed by atoms with E-state index in [0.717, 1.165) is 73.3 Å². The van der Waals surface area contributed by atoms with Gasteiger partial charge in [-0.2, -0.15) is 4.98 Å². The molecule has 178 valence electrons. The maximum atomic E-state index is 5.04. The molecule has 3 aliphatic heterocycles. The summed E-state index contributed by atoms with van der Waals surface area (Å²) in [6.07, 6.45) is 9.61. The van der Waals surface area contributed by atoms with Gasteiger partial charge in [0.05, 0.1) is 23.5 Å². The van der Waals surface area contributed by atoms with E-state index < -0.39 is 0 Å². The Hall–Kier alpha value is -3.13. The minimum atomic E-state index is 0.0926. The molecule has 2 aromatic rings. The van der Waals surface area contributed by atoms with Crippen LogP contribution in [0.4, 0.5) is 23.3 Å². The lowest BCUT2D eigenvalue weighted by molar-refractivity contribution is 0.312. The number of pyridine rings is 1. The SMILES string of the molecule is C=C1CC2C(=C)NCC3(CCCC3)N2c2nc(Nc3ccc(N4CCN(C)CC4)cn3)ncc21. The molecular weight excluding hydrogens is 424 g/mol. The predicted octanol–water partition coefficient (Wildman–Crippen LogP) is 3.39. The Bertz CT molecular complexity index is 1100. The molecule has 1 saturated carbocycles. The highest BCUT2D eigenvalue weighted by Gasteiger charge is 2.49. The quantitative estimate of drug-likeness (QED) is 0.725. The van der Waals surface area contributed by atoms with Gasteiger partial charge in [0.2, 0.25) is 5.95 Å². The first-order valence-corrected chi connectivity index (χ1v) is 12.5. The molecule has 0 radical (unpaired) electrons. The summed E-state index contributed by atoms with van der Waals surface area (Å²) in [6.45, 7) is 13.8. The van der Waals surface area contributed by atoms with Crippen molar-refractivity contribution in [2.75, 3.05) is 54.9 Å². The van der Waals surface area contributed by atoms with E-state index in [2.05, 4.69) is 61.6 Å². The van der Waals surface area contributed by atoms with Gasteiger partial charge in [-0.3, -0.25) is 0 Å². The van der Waals surface area contributed by atoms with Crippen molar-refractivity contribution in [1.82, 2.24) is 25.2 Å². The van der Waals surface area contributed by atoms with Gasteiger partial charge in [0.15, 0.2) is 0 Å². The van der Waals surface area contributed by atoms with Crippen molar-refractivity contribution in [2.24, 2.45) is 0 Å². The van der Waals surface area contributed by atoms with E-state index in [1.165, 1.54) is 25.7 Å². The summed E-state index contributed by atoms with van der Waals surface area (Å²) in [7, 11) is 2.17. The first-order chi connectivity index (χ1) is 16.5. The Morgan fingerprint density at radius 1 is 1.06 bits per heavy atom. The summed E-state index contributed by atoms with van der Waals surface area (Å²) in [4.78, 5) is 21.6. The highest BCUT2D eigenvalue weighted by atomic mass is 15.4. The Labute approximate surface area is 201 Å². The Kier molecular flexibility index (Phi) is 5.21. The van der Waals surface area contributed by atoms with Gasteiger partial charge in [0, 0.05) is 50.2 Å². The number of fused-ring (bicyclic) bond motifs is 4. The van der Waals surface area contributed by atoms with Crippen LogP contribution in [0.25, 0.3) is 5.57 Å². The molecule has 1 atom stereocenters. The second kappa shape index (κ2) is 8.27. The third kappa shape index (κ3) is 3.60. The third-order valence-electron chi connectivity index (χ3n) is 8.08. The standard InChI is InChI=1S/C26H34N8/c1-18-14-22-19(2)29-17-26(8-4-5-9-26)34(22)24-21(18)16-28-25(31-24)30-23-7-6-20(15-27-23)33-12-10-32(3)11-13-33/h6-7,15-16,22,29H,1-2,4-5,8-14,17H2,3H3,(H,27,28,30,31). The van der Waals surface area contributed by atoms with Crippen LogP contribution in [0.5, 0.6) is 0 Å². The second-order valence-electron chi connectivity index (χ2n) is 10.3. The van der Waals surface area contributed by atoms with Crippen molar-refractivity contribution < 1.29 is 0 Å². The van der Waals surface area contributed by atoms with E-state index in [9.17, 15) is 0 Å². The van der Waals surface area contributed by atoms with Gasteiger partial charge in [-0.05, 0) is 44.0 Å². The fourth-order valence-corrected chi connectivity index (χ4v) is 6.04. The number of nitrogens with one attached hydrogen (secondary N) is 2. The number of aromatic nitrogens is 3. The lowest BCUT2D eigenvalue weighted by atomic mass is 9.82. The molecule has 5 heterocycles. The Morgan fingerprint density at radius 2 is 1.85 bits per heavy atom. The highest BCUT2D eigenvalue weighted by Crippen LogP contribution is 2.48. The molecule has 0 aromatic carbocycles. The van der Waals surface area contributed by atoms with Crippen LogP contribution in [0, 0.1) is 0 Å². The van der Waals surface area contributed by atoms with Crippen LogP contribution in [0.2, 0.25) is 0 Å². The van der Waals surface area contributed by atoms with Crippen molar-refractivity contribution in [1.29, 1.82) is 0 Å². The summed E-state index contributed by atoms with van der Waals surface area (Å²) < 4.78 is 0. The lowest BCUT2D eigenvalue weighted by Crippen LogP contribution is -2.65. The largest absolute Gasteiger partial charge is 0.385 e. The number of rotatable bonds is 3. The van der Waals surface area contributed by atoms with Crippen LogP contribution in [0.15, 0.2) is 43.4 Å². The zero-order valence-corrected chi connectivity index (χ0v) is 20.1. The molecule has 1 unspecified atom stereocenters. The van der Waals surface area contributed by atoms with Crippen molar-refractivity contribution in [3.8, 4) is 0 Å². The van der Waals surface area contributed by atoms with E-state index in [-0.39, 0.29) is 11.6 Å². The van der Waals surface area contributed by atoms with Crippen LogP contribution in [-0.4, -0.2) is 71.2 Å².